The number of halogens is 2. The lowest BCUT2D eigenvalue weighted by atomic mass is 10.1. The van der Waals surface area contributed by atoms with E-state index in [1.54, 1.807) is 30.3 Å². The van der Waals surface area contributed by atoms with Crippen molar-refractivity contribution in [2.75, 3.05) is 13.7 Å². The lowest BCUT2D eigenvalue weighted by Gasteiger charge is -2.09. The molecule has 0 aliphatic heterocycles. The first kappa shape index (κ1) is 20.3. The number of carbonyl (C=O) groups is 1. The number of carbonyl (C=O) groups excluding carboxylic acids is 1. The second-order valence-electron chi connectivity index (χ2n) is 5.97. The molecular formula is C20H19ClFN3O2S. The molecule has 0 atom stereocenters. The molecule has 0 aliphatic carbocycles. The molecule has 0 radical (unpaired) electrons. The van der Waals surface area contributed by atoms with Crippen molar-refractivity contribution in [3.8, 4) is 17.0 Å². The molecule has 3 aromatic rings. The monoisotopic (exact) mass is 419 g/mol. The van der Waals surface area contributed by atoms with Gasteiger partial charge in [0.25, 0.3) is 5.91 Å². The third-order valence-electron chi connectivity index (χ3n) is 4.11. The van der Waals surface area contributed by atoms with Crippen molar-refractivity contribution in [1.82, 2.24) is 4.57 Å². The number of nitrogens with two attached hydrogens (primary N) is 1. The van der Waals surface area contributed by atoms with E-state index < -0.39 is 5.91 Å². The van der Waals surface area contributed by atoms with E-state index in [1.165, 1.54) is 30.6 Å². The Hall–Kier alpha value is -2.48. The van der Waals surface area contributed by atoms with E-state index >= 15 is 0 Å². The molecule has 0 unspecified atom stereocenters. The van der Waals surface area contributed by atoms with Crippen LogP contribution >= 0.6 is 22.9 Å². The zero-order chi connectivity index (χ0) is 20.1. The predicted octanol–water partition coefficient (Wildman–Crippen LogP) is 4.11. The second kappa shape index (κ2) is 9.14. The first-order chi connectivity index (χ1) is 13.5. The number of hydrogen-bond acceptors (Lipinski definition) is 4. The molecule has 28 heavy (non-hydrogen) atoms. The number of methoxy groups -OCH3 is 1. The van der Waals surface area contributed by atoms with Crippen LogP contribution in [-0.4, -0.2) is 24.1 Å². The van der Waals surface area contributed by atoms with Crippen LogP contribution in [-0.2, 0) is 6.54 Å². The van der Waals surface area contributed by atoms with Crippen molar-refractivity contribution in [3.63, 3.8) is 0 Å². The van der Waals surface area contributed by atoms with Crippen LogP contribution in [0.3, 0.4) is 0 Å². The fraction of sp³-hybridized carbons (Fsp3) is 0.200. The Kier molecular flexibility index (Phi) is 6.61. The molecule has 3 rings (SSSR count). The normalized spacial score (nSPS) is 11.6. The summed E-state index contributed by atoms with van der Waals surface area (Å²) >= 11 is 7.30. The standard InChI is InChI=1S/C20H19ClFN3O2S/c1-27-18-11-14(21)5-8-16(18)19(26)24-20-25(10-2-9-23)17(12-28-20)13-3-6-15(22)7-4-13/h3-8,11-12H,2,9-10,23H2,1H3/b24-20-. The number of benzene rings is 2. The Morgan fingerprint density at radius 3 is 2.71 bits per heavy atom. The first-order valence-electron chi connectivity index (χ1n) is 8.60. The lowest BCUT2D eigenvalue weighted by Crippen LogP contribution is -2.20. The minimum absolute atomic E-state index is 0.303. The Labute approximate surface area is 170 Å². The summed E-state index contributed by atoms with van der Waals surface area (Å²) in [5.74, 6) is -0.366. The van der Waals surface area contributed by atoms with Gasteiger partial charge in [-0.15, -0.1) is 11.3 Å². The highest BCUT2D eigenvalue weighted by Gasteiger charge is 2.14. The highest BCUT2D eigenvalue weighted by molar-refractivity contribution is 7.07. The molecule has 0 spiro atoms. The summed E-state index contributed by atoms with van der Waals surface area (Å²) in [5.41, 5.74) is 7.68. The molecule has 5 nitrogen and oxygen atoms in total. The van der Waals surface area contributed by atoms with Crippen molar-refractivity contribution in [1.29, 1.82) is 0 Å². The Bertz CT molecular complexity index is 1040. The fourth-order valence-electron chi connectivity index (χ4n) is 2.72. The smallest absolute Gasteiger partial charge is 0.283 e. The Balaban J connectivity index is 2.05. The fourth-order valence-corrected chi connectivity index (χ4v) is 3.82. The minimum Gasteiger partial charge on any atom is -0.496 e. The lowest BCUT2D eigenvalue weighted by molar-refractivity contribution is 0.0995. The SMILES string of the molecule is COc1cc(Cl)ccc1C(=O)/N=c1\scc(-c2ccc(F)cc2)n1CCCN. The van der Waals surface area contributed by atoms with Crippen LogP contribution in [0.1, 0.15) is 16.8 Å². The van der Waals surface area contributed by atoms with E-state index in [9.17, 15) is 9.18 Å². The second-order valence-corrected chi connectivity index (χ2v) is 7.24. The van der Waals surface area contributed by atoms with E-state index in [0.717, 1.165) is 17.7 Å². The van der Waals surface area contributed by atoms with E-state index in [0.29, 0.717) is 34.2 Å². The molecule has 0 fully saturated rings. The van der Waals surface area contributed by atoms with Gasteiger partial charge in [0.1, 0.15) is 11.6 Å². The average Bonchev–Trinajstić information content (AvgIpc) is 3.08. The number of thiazole rings is 1. The van der Waals surface area contributed by atoms with Gasteiger partial charge in [0, 0.05) is 16.9 Å². The molecule has 8 heteroatoms. The molecule has 0 bridgehead atoms. The average molecular weight is 420 g/mol. The molecule has 2 N–H and O–H groups in total. The van der Waals surface area contributed by atoms with E-state index in [1.807, 2.05) is 9.95 Å². The van der Waals surface area contributed by atoms with Crippen LogP contribution in [0.2, 0.25) is 5.02 Å². The maximum Gasteiger partial charge on any atom is 0.283 e. The van der Waals surface area contributed by atoms with E-state index in [-0.39, 0.29) is 5.82 Å². The van der Waals surface area contributed by atoms with Crippen LogP contribution < -0.4 is 15.3 Å². The highest BCUT2D eigenvalue weighted by atomic mass is 35.5. The molecule has 0 aliphatic rings. The van der Waals surface area contributed by atoms with Crippen LogP contribution in [0.4, 0.5) is 4.39 Å². The Morgan fingerprint density at radius 2 is 2.04 bits per heavy atom. The number of amides is 1. The molecule has 2 aromatic carbocycles. The zero-order valence-corrected chi connectivity index (χ0v) is 16.8. The van der Waals surface area contributed by atoms with Crippen LogP contribution in [0.25, 0.3) is 11.3 Å². The topological polar surface area (TPSA) is 69.6 Å². The van der Waals surface area contributed by atoms with E-state index in [4.69, 9.17) is 22.1 Å². The van der Waals surface area contributed by atoms with Gasteiger partial charge in [-0.3, -0.25) is 4.79 Å². The Morgan fingerprint density at radius 1 is 1.29 bits per heavy atom. The summed E-state index contributed by atoms with van der Waals surface area (Å²) in [6.07, 6.45) is 0.719. The molecule has 0 saturated heterocycles. The van der Waals surface area contributed by atoms with Gasteiger partial charge in [-0.25, -0.2) is 4.39 Å². The number of ether oxygens (including phenoxy) is 1. The number of rotatable bonds is 6. The van der Waals surface area contributed by atoms with Crippen molar-refractivity contribution in [2.45, 2.75) is 13.0 Å². The molecule has 1 aromatic heterocycles. The van der Waals surface area contributed by atoms with E-state index in [2.05, 4.69) is 4.99 Å². The summed E-state index contributed by atoms with van der Waals surface area (Å²) in [7, 11) is 1.47. The minimum atomic E-state index is -0.428. The van der Waals surface area contributed by atoms with Gasteiger partial charge in [-0.1, -0.05) is 11.6 Å². The van der Waals surface area contributed by atoms with Crippen molar-refractivity contribution in [3.05, 3.63) is 69.0 Å². The molecule has 146 valence electrons. The quantitative estimate of drug-likeness (QED) is 0.653. The molecular weight excluding hydrogens is 401 g/mol. The van der Waals surface area contributed by atoms with Gasteiger partial charge in [0.2, 0.25) is 0 Å². The number of hydrogen-bond donors (Lipinski definition) is 1. The number of nitrogens with zero attached hydrogens (tertiary/aromatic N) is 2. The molecule has 1 heterocycles. The third kappa shape index (κ3) is 4.49. The largest absolute Gasteiger partial charge is 0.496 e. The molecule has 1 amide bonds. The third-order valence-corrected chi connectivity index (χ3v) is 5.21. The van der Waals surface area contributed by atoms with Gasteiger partial charge in [-0.05, 0) is 61.0 Å². The van der Waals surface area contributed by atoms with Crippen molar-refractivity contribution >= 4 is 28.8 Å². The van der Waals surface area contributed by atoms with Crippen molar-refractivity contribution < 1.29 is 13.9 Å². The summed E-state index contributed by atoms with van der Waals surface area (Å²) in [6, 6.07) is 11.0. The summed E-state index contributed by atoms with van der Waals surface area (Å²) in [5, 5.41) is 2.37. The van der Waals surface area contributed by atoms with Gasteiger partial charge in [0.15, 0.2) is 4.80 Å². The maximum atomic E-state index is 13.3. The highest BCUT2D eigenvalue weighted by Crippen LogP contribution is 2.24. The predicted molar refractivity (Wildman–Crippen MR) is 109 cm³/mol. The van der Waals surface area contributed by atoms with Crippen LogP contribution in [0.5, 0.6) is 5.75 Å². The summed E-state index contributed by atoms with van der Waals surface area (Å²) in [6.45, 7) is 1.10. The van der Waals surface area contributed by atoms with Crippen molar-refractivity contribution in [2.24, 2.45) is 10.7 Å². The summed E-state index contributed by atoms with van der Waals surface area (Å²) in [4.78, 5) is 17.6. The zero-order valence-electron chi connectivity index (χ0n) is 15.2. The van der Waals surface area contributed by atoms with Crippen LogP contribution in [0, 0.1) is 5.82 Å². The summed E-state index contributed by atoms with van der Waals surface area (Å²) < 4.78 is 20.4. The van der Waals surface area contributed by atoms with Gasteiger partial charge < -0.3 is 15.0 Å². The van der Waals surface area contributed by atoms with Gasteiger partial charge in [-0.2, -0.15) is 4.99 Å². The number of aromatic nitrogens is 1. The molecule has 0 saturated carbocycles. The van der Waals surface area contributed by atoms with Gasteiger partial charge >= 0.3 is 0 Å². The first-order valence-corrected chi connectivity index (χ1v) is 9.86. The van der Waals surface area contributed by atoms with Gasteiger partial charge in [0.05, 0.1) is 18.4 Å². The maximum absolute atomic E-state index is 13.3. The van der Waals surface area contributed by atoms with Crippen LogP contribution in [0.15, 0.2) is 52.8 Å².